The Morgan fingerprint density at radius 2 is 2.05 bits per heavy atom. The third-order valence-electron chi connectivity index (χ3n) is 3.79. The fourth-order valence-electron chi connectivity index (χ4n) is 2.35. The molecule has 5 nitrogen and oxygen atoms in total. The number of anilines is 1. The Morgan fingerprint density at radius 3 is 2.50 bits per heavy atom. The number of hydrogen-bond donors (Lipinski definition) is 2. The topological polar surface area (TPSA) is 89.3 Å². The summed E-state index contributed by atoms with van der Waals surface area (Å²) in [5.41, 5.74) is 2.22. The van der Waals surface area contributed by atoms with Gasteiger partial charge in [-0.05, 0) is 48.9 Å². The minimum atomic E-state index is -3.73. The van der Waals surface area contributed by atoms with E-state index in [1.807, 2.05) is 13.8 Å². The maximum atomic E-state index is 12.0. The van der Waals surface area contributed by atoms with Crippen molar-refractivity contribution in [3.05, 3.63) is 23.3 Å². The molecule has 1 saturated carbocycles. The SMILES string of the molecule is CCc1cc(S(N)(=O)=O)cc(C)c1NC(=O)C1CC1C. The van der Waals surface area contributed by atoms with Crippen LogP contribution in [-0.2, 0) is 21.2 Å². The van der Waals surface area contributed by atoms with Crippen molar-refractivity contribution >= 4 is 21.6 Å². The number of nitrogens with two attached hydrogens (primary N) is 1. The van der Waals surface area contributed by atoms with E-state index in [0.717, 1.165) is 17.5 Å². The van der Waals surface area contributed by atoms with E-state index >= 15 is 0 Å². The lowest BCUT2D eigenvalue weighted by molar-refractivity contribution is -0.117. The van der Waals surface area contributed by atoms with Crippen molar-refractivity contribution in [3.63, 3.8) is 0 Å². The van der Waals surface area contributed by atoms with Crippen LogP contribution >= 0.6 is 0 Å². The second kappa shape index (κ2) is 5.18. The standard InChI is InChI=1S/C14H20N2O3S/c1-4-10-7-11(20(15,18)19)5-9(3)13(10)16-14(17)12-6-8(12)2/h5,7-8,12H,4,6H2,1-3H3,(H,16,17)(H2,15,18,19). The van der Waals surface area contributed by atoms with E-state index in [1.54, 1.807) is 6.92 Å². The first-order valence-corrected chi connectivity index (χ1v) is 8.25. The van der Waals surface area contributed by atoms with Gasteiger partial charge in [-0.1, -0.05) is 13.8 Å². The maximum Gasteiger partial charge on any atom is 0.238 e. The van der Waals surface area contributed by atoms with Gasteiger partial charge in [-0.25, -0.2) is 13.6 Å². The Labute approximate surface area is 119 Å². The number of nitrogens with one attached hydrogen (secondary N) is 1. The van der Waals surface area contributed by atoms with Crippen LogP contribution in [0.3, 0.4) is 0 Å². The van der Waals surface area contributed by atoms with E-state index in [2.05, 4.69) is 5.32 Å². The number of sulfonamides is 1. The van der Waals surface area contributed by atoms with Gasteiger partial charge in [0.15, 0.2) is 0 Å². The summed E-state index contributed by atoms with van der Waals surface area (Å²) >= 11 is 0. The molecule has 0 aromatic heterocycles. The molecule has 20 heavy (non-hydrogen) atoms. The molecule has 0 spiro atoms. The zero-order valence-electron chi connectivity index (χ0n) is 11.9. The Bertz CT molecular complexity index is 653. The van der Waals surface area contributed by atoms with Gasteiger partial charge in [0, 0.05) is 11.6 Å². The van der Waals surface area contributed by atoms with Gasteiger partial charge < -0.3 is 5.32 Å². The summed E-state index contributed by atoms with van der Waals surface area (Å²) in [6, 6.07) is 3.04. The molecule has 0 radical (unpaired) electrons. The first kappa shape index (κ1) is 15.0. The third kappa shape index (κ3) is 3.02. The lowest BCUT2D eigenvalue weighted by Gasteiger charge is -2.14. The molecule has 2 unspecified atom stereocenters. The normalized spacial score (nSPS) is 21.6. The van der Waals surface area contributed by atoms with Gasteiger partial charge in [-0.2, -0.15) is 0 Å². The number of carbonyl (C=O) groups is 1. The van der Waals surface area contributed by atoms with Crippen molar-refractivity contribution in [2.75, 3.05) is 5.32 Å². The smallest absolute Gasteiger partial charge is 0.238 e. The highest BCUT2D eigenvalue weighted by Crippen LogP contribution is 2.39. The summed E-state index contributed by atoms with van der Waals surface area (Å²) in [6.45, 7) is 5.73. The fourth-order valence-corrected chi connectivity index (χ4v) is 3.00. The maximum absolute atomic E-state index is 12.0. The molecule has 0 heterocycles. The van der Waals surface area contributed by atoms with Crippen molar-refractivity contribution < 1.29 is 13.2 Å². The number of amides is 1. The minimum Gasteiger partial charge on any atom is -0.325 e. The Kier molecular flexibility index (Phi) is 3.88. The van der Waals surface area contributed by atoms with Gasteiger partial charge in [-0.3, -0.25) is 4.79 Å². The van der Waals surface area contributed by atoms with E-state index in [9.17, 15) is 13.2 Å². The van der Waals surface area contributed by atoms with Gasteiger partial charge in [0.1, 0.15) is 0 Å². The van der Waals surface area contributed by atoms with Crippen molar-refractivity contribution in [1.82, 2.24) is 0 Å². The van der Waals surface area contributed by atoms with Crippen molar-refractivity contribution in [2.24, 2.45) is 17.0 Å². The van der Waals surface area contributed by atoms with E-state index in [0.29, 0.717) is 18.0 Å². The highest BCUT2D eigenvalue weighted by atomic mass is 32.2. The van der Waals surface area contributed by atoms with Gasteiger partial charge in [0.25, 0.3) is 0 Å². The van der Waals surface area contributed by atoms with E-state index in [-0.39, 0.29) is 16.7 Å². The molecule has 2 rings (SSSR count). The summed E-state index contributed by atoms with van der Waals surface area (Å²) < 4.78 is 22.9. The van der Waals surface area contributed by atoms with Crippen LogP contribution in [-0.4, -0.2) is 14.3 Å². The molecule has 2 atom stereocenters. The molecule has 1 aromatic carbocycles. The lowest BCUT2D eigenvalue weighted by Crippen LogP contribution is -2.18. The number of carbonyl (C=O) groups excluding carboxylic acids is 1. The number of primary sulfonamides is 1. The van der Waals surface area contributed by atoms with Gasteiger partial charge in [0.05, 0.1) is 4.90 Å². The molecular formula is C14H20N2O3S. The van der Waals surface area contributed by atoms with E-state index in [1.165, 1.54) is 12.1 Å². The van der Waals surface area contributed by atoms with Crippen LogP contribution in [0.25, 0.3) is 0 Å². The second-order valence-electron chi connectivity index (χ2n) is 5.48. The molecule has 0 saturated heterocycles. The van der Waals surface area contributed by atoms with Crippen LogP contribution < -0.4 is 10.5 Å². The summed E-state index contributed by atoms with van der Waals surface area (Å²) in [4.78, 5) is 12.1. The Morgan fingerprint density at radius 1 is 1.45 bits per heavy atom. The summed E-state index contributed by atoms with van der Waals surface area (Å²) in [6.07, 6.45) is 1.54. The minimum absolute atomic E-state index is 0.0126. The average Bonchev–Trinajstić information content (AvgIpc) is 3.07. The van der Waals surface area contributed by atoms with Crippen LogP contribution in [0.1, 0.15) is 31.4 Å². The lowest BCUT2D eigenvalue weighted by atomic mass is 10.1. The highest BCUT2D eigenvalue weighted by molar-refractivity contribution is 7.89. The molecule has 0 aliphatic heterocycles. The quantitative estimate of drug-likeness (QED) is 0.887. The van der Waals surface area contributed by atoms with E-state index < -0.39 is 10.0 Å². The molecule has 0 bridgehead atoms. The summed E-state index contributed by atoms with van der Waals surface area (Å²) in [5, 5.41) is 8.09. The van der Waals surface area contributed by atoms with Crippen molar-refractivity contribution in [2.45, 2.75) is 38.5 Å². The van der Waals surface area contributed by atoms with Crippen molar-refractivity contribution in [3.8, 4) is 0 Å². The zero-order valence-corrected chi connectivity index (χ0v) is 12.8. The number of aryl methyl sites for hydroxylation is 2. The monoisotopic (exact) mass is 296 g/mol. The average molecular weight is 296 g/mol. The number of rotatable bonds is 4. The zero-order chi connectivity index (χ0) is 15.1. The molecule has 110 valence electrons. The molecule has 1 aromatic rings. The first-order chi connectivity index (χ1) is 9.24. The van der Waals surface area contributed by atoms with Crippen LogP contribution in [0, 0.1) is 18.8 Å². The molecule has 1 amide bonds. The molecule has 3 N–H and O–H groups in total. The second-order valence-corrected chi connectivity index (χ2v) is 7.04. The van der Waals surface area contributed by atoms with Gasteiger partial charge in [-0.15, -0.1) is 0 Å². The fraction of sp³-hybridized carbons (Fsp3) is 0.500. The number of hydrogen-bond acceptors (Lipinski definition) is 3. The summed E-state index contributed by atoms with van der Waals surface area (Å²) in [5.74, 6) is 0.528. The van der Waals surface area contributed by atoms with Gasteiger partial charge in [0.2, 0.25) is 15.9 Å². The van der Waals surface area contributed by atoms with Crippen LogP contribution in [0.5, 0.6) is 0 Å². The summed E-state index contributed by atoms with van der Waals surface area (Å²) in [7, 11) is -3.73. The number of benzene rings is 1. The Hall–Kier alpha value is -1.40. The first-order valence-electron chi connectivity index (χ1n) is 6.71. The molecule has 1 aliphatic rings. The molecule has 6 heteroatoms. The predicted molar refractivity (Wildman–Crippen MR) is 77.8 cm³/mol. The van der Waals surface area contributed by atoms with Crippen LogP contribution in [0.2, 0.25) is 0 Å². The third-order valence-corrected chi connectivity index (χ3v) is 4.69. The van der Waals surface area contributed by atoms with Crippen LogP contribution in [0.4, 0.5) is 5.69 Å². The highest BCUT2D eigenvalue weighted by Gasteiger charge is 2.39. The molecule has 1 aliphatic carbocycles. The van der Waals surface area contributed by atoms with Crippen LogP contribution in [0.15, 0.2) is 17.0 Å². The van der Waals surface area contributed by atoms with Crippen molar-refractivity contribution in [1.29, 1.82) is 0 Å². The largest absolute Gasteiger partial charge is 0.325 e. The molecular weight excluding hydrogens is 276 g/mol. The molecule has 1 fully saturated rings. The predicted octanol–water partition coefficient (Wildman–Crippen LogP) is 1.80. The van der Waals surface area contributed by atoms with E-state index in [4.69, 9.17) is 5.14 Å². The van der Waals surface area contributed by atoms with Gasteiger partial charge >= 0.3 is 0 Å². The Balaban J connectivity index is 2.35.